The second-order valence-electron chi connectivity index (χ2n) is 5.31. The number of rotatable bonds is 2. The highest BCUT2D eigenvalue weighted by Crippen LogP contribution is 2.30. The van der Waals surface area contributed by atoms with Crippen molar-refractivity contribution in [3.8, 4) is 0 Å². The van der Waals surface area contributed by atoms with Gasteiger partial charge in [0.1, 0.15) is 0 Å². The summed E-state index contributed by atoms with van der Waals surface area (Å²) in [6.07, 6.45) is 4.29. The minimum Gasteiger partial charge on any atom is -0.372 e. The van der Waals surface area contributed by atoms with Crippen LogP contribution in [0.2, 0.25) is 0 Å². The third-order valence-corrected chi connectivity index (χ3v) is 4.02. The zero-order chi connectivity index (χ0) is 12.5. The molecular formula is C15H20N2O. The first-order valence-corrected chi connectivity index (χ1v) is 6.92. The van der Waals surface area contributed by atoms with Gasteiger partial charge in [0.15, 0.2) is 0 Å². The normalized spacial score (nSPS) is 19.9. The molecule has 3 rings (SSSR count). The van der Waals surface area contributed by atoms with Gasteiger partial charge in [0.25, 0.3) is 0 Å². The summed E-state index contributed by atoms with van der Waals surface area (Å²) in [5.41, 5.74) is 3.62. The summed E-state index contributed by atoms with van der Waals surface area (Å²) in [5, 5.41) is 0. The van der Waals surface area contributed by atoms with Gasteiger partial charge >= 0.3 is 0 Å². The van der Waals surface area contributed by atoms with Crippen LogP contribution in [0.5, 0.6) is 0 Å². The molecule has 1 amide bonds. The predicted octanol–water partition coefficient (Wildman–Crippen LogP) is 2.72. The number of amides is 1. The minimum atomic E-state index is 0.270. The van der Waals surface area contributed by atoms with E-state index < -0.39 is 0 Å². The summed E-state index contributed by atoms with van der Waals surface area (Å²) in [6.45, 7) is 5.33. The van der Waals surface area contributed by atoms with Crippen molar-refractivity contribution in [2.75, 3.05) is 29.4 Å². The molecule has 3 heteroatoms. The maximum absolute atomic E-state index is 11.8. The van der Waals surface area contributed by atoms with Crippen LogP contribution in [0.4, 0.5) is 11.4 Å². The number of benzene rings is 1. The second-order valence-corrected chi connectivity index (χ2v) is 5.31. The van der Waals surface area contributed by atoms with Gasteiger partial charge < -0.3 is 9.80 Å². The van der Waals surface area contributed by atoms with Crippen LogP contribution >= 0.6 is 0 Å². The van der Waals surface area contributed by atoms with E-state index in [0.29, 0.717) is 6.42 Å². The summed E-state index contributed by atoms with van der Waals surface area (Å²) in [7, 11) is 0. The van der Waals surface area contributed by atoms with Gasteiger partial charge in [0.05, 0.1) is 0 Å². The number of carbonyl (C=O) groups is 1. The molecule has 2 heterocycles. The molecule has 0 spiro atoms. The van der Waals surface area contributed by atoms with Crippen molar-refractivity contribution in [3.05, 3.63) is 23.8 Å². The molecule has 2 aliphatic rings. The quantitative estimate of drug-likeness (QED) is 0.798. The Morgan fingerprint density at radius 1 is 1.06 bits per heavy atom. The molecule has 0 bridgehead atoms. The lowest BCUT2D eigenvalue weighted by Crippen LogP contribution is -2.25. The van der Waals surface area contributed by atoms with Gasteiger partial charge in [-0.05, 0) is 49.9 Å². The van der Waals surface area contributed by atoms with Crippen molar-refractivity contribution in [3.63, 3.8) is 0 Å². The molecule has 0 aromatic heterocycles. The molecule has 2 saturated heterocycles. The summed E-state index contributed by atoms with van der Waals surface area (Å²) in [6, 6.07) is 6.51. The van der Waals surface area contributed by atoms with Crippen LogP contribution < -0.4 is 9.80 Å². The highest BCUT2D eigenvalue weighted by Gasteiger charge is 2.23. The Bertz CT molecular complexity index is 464. The van der Waals surface area contributed by atoms with E-state index in [0.717, 1.165) is 18.7 Å². The summed E-state index contributed by atoms with van der Waals surface area (Å²) in [5.74, 6) is 0.270. The van der Waals surface area contributed by atoms with E-state index in [2.05, 4.69) is 30.0 Å². The number of hydrogen-bond donors (Lipinski definition) is 0. The Labute approximate surface area is 108 Å². The van der Waals surface area contributed by atoms with Gasteiger partial charge in [0.2, 0.25) is 5.91 Å². The molecule has 0 unspecified atom stereocenters. The lowest BCUT2D eigenvalue weighted by molar-refractivity contribution is -0.117. The maximum Gasteiger partial charge on any atom is 0.227 e. The van der Waals surface area contributed by atoms with Crippen LogP contribution in [0, 0.1) is 6.92 Å². The molecule has 0 atom stereocenters. The van der Waals surface area contributed by atoms with Crippen molar-refractivity contribution in [2.24, 2.45) is 0 Å². The minimum absolute atomic E-state index is 0.270. The number of anilines is 2. The molecule has 18 heavy (non-hydrogen) atoms. The fourth-order valence-electron chi connectivity index (χ4n) is 3.02. The van der Waals surface area contributed by atoms with E-state index in [-0.39, 0.29) is 5.91 Å². The summed E-state index contributed by atoms with van der Waals surface area (Å²) in [4.78, 5) is 16.2. The van der Waals surface area contributed by atoms with Gasteiger partial charge in [-0.15, -0.1) is 0 Å². The molecular weight excluding hydrogens is 224 g/mol. The van der Waals surface area contributed by atoms with Gasteiger partial charge in [0, 0.05) is 37.4 Å². The molecule has 2 fully saturated rings. The third-order valence-electron chi connectivity index (χ3n) is 4.02. The first-order valence-electron chi connectivity index (χ1n) is 6.92. The smallest absolute Gasteiger partial charge is 0.227 e. The summed E-state index contributed by atoms with van der Waals surface area (Å²) < 4.78 is 0. The standard InChI is InChI=1S/C15H20N2O/c1-12-11-13(16-8-2-3-9-16)6-7-14(12)17-10-4-5-15(17)18/h6-7,11H,2-5,8-10H2,1H3. The first-order chi connectivity index (χ1) is 8.75. The Kier molecular flexibility index (Phi) is 2.98. The molecule has 0 radical (unpaired) electrons. The highest BCUT2D eigenvalue weighted by atomic mass is 16.2. The molecule has 1 aromatic carbocycles. The average molecular weight is 244 g/mol. The Morgan fingerprint density at radius 2 is 1.83 bits per heavy atom. The SMILES string of the molecule is Cc1cc(N2CCCC2)ccc1N1CCCC1=O. The van der Waals surface area contributed by atoms with Crippen LogP contribution in [0.1, 0.15) is 31.2 Å². The Morgan fingerprint density at radius 3 is 2.44 bits per heavy atom. The number of hydrogen-bond acceptors (Lipinski definition) is 2. The Balaban J connectivity index is 1.86. The van der Waals surface area contributed by atoms with Crippen LogP contribution in [-0.2, 0) is 4.79 Å². The van der Waals surface area contributed by atoms with Crippen molar-refractivity contribution in [1.29, 1.82) is 0 Å². The van der Waals surface area contributed by atoms with Crippen molar-refractivity contribution >= 4 is 17.3 Å². The number of aryl methyl sites for hydroxylation is 1. The fourth-order valence-corrected chi connectivity index (χ4v) is 3.02. The number of carbonyl (C=O) groups excluding carboxylic acids is 1. The van der Waals surface area contributed by atoms with Crippen molar-refractivity contribution in [1.82, 2.24) is 0 Å². The Hall–Kier alpha value is -1.51. The van der Waals surface area contributed by atoms with E-state index in [4.69, 9.17) is 0 Å². The van der Waals surface area contributed by atoms with Gasteiger partial charge in [-0.3, -0.25) is 4.79 Å². The lowest BCUT2D eigenvalue weighted by Gasteiger charge is -2.22. The molecule has 3 nitrogen and oxygen atoms in total. The highest BCUT2D eigenvalue weighted by molar-refractivity contribution is 5.96. The van der Waals surface area contributed by atoms with Crippen LogP contribution in [-0.4, -0.2) is 25.5 Å². The lowest BCUT2D eigenvalue weighted by atomic mass is 10.1. The largest absolute Gasteiger partial charge is 0.372 e. The van der Waals surface area contributed by atoms with Gasteiger partial charge in [-0.2, -0.15) is 0 Å². The third kappa shape index (κ3) is 1.98. The van der Waals surface area contributed by atoms with Crippen LogP contribution in [0.15, 0.2) is 18.2 Å². The molecule has 2 aliphatic heterocycles. The first kappa shape index (κ1) is 11.6. The summed E-state index contributed by atoms with van der Waals surface area (Å²) >= 11 is 0. The molecule has 1 aromatic rings. The fraction of sp³-hybridized carbons (Fsp3) is 0.533. The zero-order valence-electron chi connectivity index (χ0n) is 11.0. The van der Waals surface area contributed by atoms with E-state index in [9.17, 15) is 4.79 Å². The second kappa shape index (κ2) is 4.63. The predicted molar refractivity (Wildman–Crippen MR) is 74.2 cm³/mol. The molecule has 0 saturated carbocycles. The van der Waals surface area contributed by atoms with Gasteiger partial charge in [-0.25, -0.2) is 0 Å². The van der Waals surface area contributed by atoms with Crippen molar-refractivity contribution in [2.45, 2.75) is 32.6 Å². The topological polar surface area (TPSA) is 23.6 Å². The van der Waals surface area contributed by atoms with Gasteiger partial charge in [-0.1, -0.05) is 0 Å². The molecule has 0 N–H and O–H groups in total. The van der Waals surface area contributed by atoms with Crippen LogP contribution in [0.3, 0.4) is 0 Å². The van der Waals surface area contributed by atoms with E-state index in [1.165, 1.54) is 37.2 Å². The maximum atomic E-state index is 11.8. The van der Waals surface area contributed by atoms with Crippen molar-refractivity contribution < 1.29 is 4.79 Å². The van der Waals surface area contributed by atoms with E-state index in [1.807, 2.05) is 4.90 Å². The van der Waals surface area contributed by atoms with Crippen LogP contribution in [0.25, 0.3) is 0 Å². The number of nitrogens with zero attached hydrogens (tertiary/aromatic N) is 2. The van der Waals surface area contributed by atoms with E-state index in [1.54, 1.807) is 0 Å². The monoisotopic (exact) mass is 244 g/mol. The average Bonchev–Trinajstić information content (AvgIpc) is 3.00. The molecule has 96 valence electrons. The van der Waals surface area contributed by atoms with E-state index >= 15 is 0 Å². The molecule has 0 aliphatic carbocycles. The zero-order valence-corrected chi connectivity index (χ0v) is 11.0.